The summed E-state index contributed by atoms with van der Waals surface area (Å²) in [6.45, 7) is 1.66. The van der Waals surface area contributed by atoms with Crippen molar-refractivity contribution in [3.8, 4) is 0 Å². The highest BCUT2D eigenvalue weighted by Gasteiger charge is 2.36. The van der Waals surface area contributed by atoms with Crippen LogP contribution in [0.15, 0.2) is 18.2 Å². The number of amides is 1. The van der Waals surface area contributed by atoms with Crippen molar-refractivity contribution >= 4 is 34.9 Å². The normalized spacial score (nSPS) is 18.2. The van der Waals surface area contributed by atoms with Gasteiger partial charge in [-0.3, -0.25) is 14.4 Å². The van der Waals surface area contributed by atoms with Gasteiger partial charge in [0.25, 0.3) is 0 Å². The van der Waals surface area contributed by atoms with Gasteiger partial charge in [-0.1, -0.05) is 11.6 Å². The number of hydrogen-bond donors (Lipinski definition) is 0. The van der Waals surface area contributed by atoms with E-state index in [4.69, 9.17) is 11.6 Å². The highest BCUT2D eigenvalue weighted by atomic mass is 35.5. The second-order valence-electron chi connectivity index (χ2n) is 4.65. The fourth-order valence-electron chi connectivity index (χ4n) is 2.20. The molecule has 106 valence electrons. The number of nitrogens with zero attached hydrogens (tertiary/aromatic N) is 1. The molecule has 0 saturated carbocycles. The van der Waals surface area contributed by atoms with Gasteiger partial charge in [0.1, 0.15) is 0 Å². The number of benzene rings is 1. The van der Waals surface area contributed by atoms with Crippen LogP contribution in [0.4, 0.5) is 5.69 Å². The van der Waals surface area contributed by atoms with Crippen LogP contribution in [0.25, 0.3) is 0 Å². The molecule has 1 aliphatic heterocycles. The van der Waals surface area contributed by atoms with E-state index >= 15 is 0 Å². The Bertz CT molecular complexity index is 585. The van der Waals surface area contributed by atoms with Crippen molar-refractivity contribution in [2.24, 2.45) is 5.92 Å². The Morgan fingerprint density at radius 1 is 1.40 bits per heavy atom. The van der Waals surface area contributed by atoms with E-state index in [0.29, 0.717) is 16.3 Å². The first kappa shape index (κ1) is 14.5. The van der Waals surface area contributed by atoms with Gasteiger partial charge in [-0.05, 0) is 25.1 Å². The maximum Gasteiger partial charge on any atom is 0.311 e. The number of hydrogen-bond acceptors (Lipinski definition) is 4. The van der Waals surface area contributed by atoms with Gasteiger partial charge >= 0.3 is 5.97 Å². The average Bonchev–Trinajstić information content (AvgIpc) is 2.80. The summed E-state index contributed by atoms with van der Waals surface area (Å²) >= 11 is 6.09. The summed E-state index contributed by atoms with van der Waals surface area (Å²) in [6, 6.07) is 4.75. The lowest BCUT2D eigenvalue weighted by Crippen LogP contribution is -2.26. The van der Waals surface area contributed by atoms with Crippen LogP contribution < -0.4 is 4.90 Å². The zero-order valence-electron chi connectivity index (χ0n) is 11.2. The van der Waals surface area contributed by atoms with Gasteiger partial charge in [-0.2, -0.15) is 0 Å². The predicted octanol–water partition coefficient (Wildman–Crippen LogP) is 2.07. The van der Waals surface area contributed by atoms with E-state index < -0.39 is 11.9 Å². The number of Topliss-reactive ketones (excluding diaryl/α,β-unsaturated/α-hetero) is 1. The van der Waals surface area contributed by atoms with Crippen molar-refractivity contribution in [3.05, 3.63) is 28.8 Å². The molecule has 1 heterocycles. The summed E-state index contributed by atoms with van der Waals surface area (Å²) in [5.41, 5.74) is 0.925. The molecule has 2 rings (SSSR count). The molecule has 20 heavy (non-hydrogen) atoms. The molecule has 0 N–H and O–H groups in total. The quantitative estimate of drug-likeness (QED) is 0.632. The van der Waals surface area contributed by atoms with Gasteiger partial charge in [0.15, 0.2) is 5.78 Å². The van der Waals surface area contributed by atoms with Crippen LogP contribution in [0.2, 0.25) is 5.02 Å². The van der Waals surface area contributed by atoms with E-state index in [1.807, 2.05) is 0 Å². The first-order chi connectivity index (χ1) is 9.43. The molecule has 1 saturated heterocycles. The zero-order valence-corrected chi connectivity index (χ0v) is 11.9. The molecule has 6 heteroatoms. The summed E-state index contributed by atoms with van der Waals surface area (Å²) < 4.78 is 4.65. The van der Waals surface area contributed by atoms with Crippen molar-refractivity contribution in [2.75, 3.05) is 18.6 Å². The molecule has 1 aromatic rings. The standard InChI is InChI=1S/C14H14ClNO4/c1-8(17)9-3-4-11(15)12(5-9)16-7-10(6-13(16)18)14(19)20-2/h3-5,10H,6-7H2,1-2H3. The van der Waals surface area contributed by atoms with Crippen LogP contribution in [0.3, 0.4) is 0 Å². The average molecular weight is 296 g/mol. The third kappa shape index (κ3) is 2.67. The maximum atomic E-state index is 12.0. The third-order valence-electron chi connectivity index (χ3n) is 3.30. The van der Waals surface area contributed by atoms with E-state index in [1.165, 1.54) is 18.9 Å². The van der Waals surface area contributed by atoms with Crippen LogP contribution >= 0.6 is 11.6 Å². The fourth-order valence-corrected chi connectivity index (χ4v) is 2.42. The van der Waals surface area contributed by atoms with Crippen molar-refractivity contribution in [2.45, 2.75) is 13.3 Å². The molecule has 0 bridgehead atoms. The Morgan fingerprint density at radius 2 is 2.10 bits per heavy atom. The van der Waals surface area contributed by atoms with E-state index in [0.717, 1.165) is 0 Å². The maximum absolute atomic E-state index is 12.0. The summed E-state index contributed by atoms with van der Waals surface area (Å²) in [6.07, 6.45) is 0.0906. The van der Waals surface area contributed by atoms with Gasteiger partial charge in [0.05, 0.1) is 23.7 Å². The second-order valence-corrected chi connectivity index (χ2v) is 5.06. The van der Waals surface area contributed by atoms with Crippen molar-refractivity contribution in [1.82, 2.24) is 0 Å². The minimum Gasteiger partial charge on any atom is -0.469 e. The molecule has 1 fully saturated rings. The number of halogens is 1. The Balaban J connectivity index is 2.32. The molecule has 0 radical (unpaired) electrons. The first-order valence-corrected chi connectivity index (χ1v) is 6.50. The van der Waals surface area contributed by atoms with Gasteiger partial charge in [0.2, 0.25) is 5.91 Å². The summed E-state index contributed by atoms with van der Waals surface area (Å²) in [4.78, 5) is 36.4. The third-order valence-corrected chi connectivity index (χ3v) is 3.62. The minimum atomic E-state index is -0.496. The molecular formula is C14H14ClNO4. The lowest BCUT2D eigenvalue weighted by Gasteiger charge is -2.18. The number of ketones is 1. The topological polar surface area (TPSA) is 63.7 Å². The molecule has 1 aromatic carbocycles. The lowest BCUT2D eigenvalue weighted by atomic mass is 10.1. The van der Waals surface area contributed by atoms with E-state index in [-0.39, 0.29) is 24.7 Å². The number of rotatable bonds is 3. The summed E-state index contributed by atoms with van der Waals surface area (Å²) in [5, 5.41) is 0.369. The van der Waals surface area contributed by atoms with Gasteiger partial charge in [-0.25, -0.2) is 0 Å². The number of carbonyl (C=O) groups excluding carboxylic acids is 3. The van der Waals surface area contributed by atoms with Crippen molar-refractivity contribution in [1.29, 1.82) is 0 Å². The van der Waals surface area contributed by atoms with Gasteiger partial charge in [-0.15, -0.1) is 0 Å². The molecule has 0 spiro atoms. The summed E-state index contributed by atoms with van der Waals surface area (Å²) in [5.74, 6) is -1.23. The van der Waals surface area contributed by atoms with Crippen LogP contribution in [0.1, 0.15) is 23.7 Å². The largest absolute Gasteiger partial charge is 0.469 e. The molecular weight excluding hydrogens is 282 g/mol. The zero-order chi connectivity index (χ0) is 14.9. The van der Waals surface area contributed by atoms with Gasteiger partial charge in [0, 0.05) is 18.5 Å². The van der Waals surface area contributed by atoms with Crippen molar-refractivity contribution in [3.63, 3.8) is 0 Å². The van der Waals surface area contributed by atoms with Crippen molar-refractivity contribution < 1.29 is 19.1 Å². The molecule has 1 amide bonds. The van der Waals surface area contributed by atoms with E-state index in [2.05, 4.69) is 4.74 Å². The molecule has 5 nitrogen and oxygen atoms in total. The molecule has 0 aromatic heterocycles. The Kier molecular flexibility index (Phi) is 4.09. The molecule has 1 unspecified atom stereocenters. The first-order valence-electron chi connectivity index (χ1n) is 6.12. The number of carbonyl (C=O) groups is 3. The Hall–Kier alpha value is -1.88. The minimum absolute atomic E-state index is 0.0906. The Labute approximate surface area is 121 Å². The number of esters is 1. The summed E-state index contributed by atoms with van der Waals surface area (Å²) in [7, 11) is 1.29. The van der Waals surface area contributed by atoms with Crippen LogP contribution in [0, 0.1) is 5.92 Å². The lowest BCUT2D eigenvalue weighted by molar-refractivity contribution is -0.145. The molecule has 0 aliphatic carbocycles. The molecule has 1 aliphatic rings. The highest BCUT2D eigenvalue weighted by molar-refractivity contribution is 6.34. The Morgan fingerprint density at radius 3 is 2.70 bits per heavy atom. The van der Waals surface area contributed by atoms with E-state index in [9.17, 15) is 14.4 Å². The smallest absolute Gasteiger partial charge is 0.311 e. The number of anilines is 1. The molecule has 1 atom stereocenters. The van der Waals surface area contributed by atoms with Gasteiger partial charge < -0.3 is 9.64 Å². The number of ether oxygens (including phenoxy) is 1. The highest BCUT2D eigenvalue weighted by Crippen LogP contribution is 2.32. The fraction of sp³-hybridized carbons (Fsp3) is 0.357. The number of methoxy groups -OCH3 is 1. The SMILES string of the molecule is COC(=O)C1CC(=O)N(c2cc(C(C)=O)ccc2Cl)C1. The van der Waals surface area contributed by atoms with Crippen LogP contribution in [0.5, 0.6) is 0 Å². The monoisotopic (exact) mass is 295 g/mol. The second kappa shape index (κ2) is 5.63. The van der Waals surface area contributed by atoms with Crippen LogP contribution in [-0.2, 0) is 14.3 Å². The predicted molar refractivity (Wildman–Crippen MR) is 73.9 cm³/mol. The van der Waals surface area contributed by atoms with Crippen LogP contribution in [-0.4, -0.2) is 31.3 Å². The van der Waals surface area contributed by atoms with E-state index in [1.54, 1.807) is 18.2 Å².